The normalized spacial score (nSPS) is 19.7. The van der Waals surface area contributed by atoms with Crippen molar-refractivity contribution in [2.45, 2.75) is 16.8 Å². The van der Waals surface area contributed by atoms with Crippen LogP contribution in [0.1, 0.15) is 6.92 Å². The van der Waals surface area contributed by atoms with Crippen LogP contribution in [0.4, 0.5) is 0 Å². The van der Waals surface area contributed by atoms with Crippen LogP contribution in [-0.4, -0.2) is 15.0 Å². The van der Waals surface area contributed by atoms with Gasteiger partial charge in [-0.1, -0.05) is 11.6 Å². The fraction of sp³-hybridized carbons (Fsp3) is 1.00. The quantitative estimate of drug-likeness (QED) is 0.584. The predicted octanol–water partition coefficient (Wildman–Crippen LogP) is 1.74. The van der Waals surface area contributed by atoms with Crippen molar-refractivity contribution < 1.29 is 5.11 Å². The Hall–Kier alpha value is 0.830. The summed E-state index contributed by atoms with van der Waals surface area (Å²) in [7, 11) is 0. The molecular formula is C3H5Cl3O. The van der Waals surface area contributed by atoms with Crippen LogP contribution in [0.5, 0.6) is 0 Å². The number of hydrogen-bond acceptors (Lipinski definition) is 1. The van der Waals surface area contributed by atoms with Gasteiger partial charge in [0.05, 0.1) is 0 Å². The standard InChI is InChI=1S/C3H5Cl3O/c1-3(6,7)2(4)5/h2,7H,1H3. The molecule has 0 rings (SSSR count). The Morgan fingerprint density at radius 3 is 1.71 bits per heavy atom. The van der Waals surface area contributed by atoms with Gasteiger partial charge in [-0.05, 0) is 6.92 Å². The molecule has 0 heterocycles. The van der Waals surface area contributed by atoms with Gasteiger partial charge in [-0.3, -0.25) is 0 Å². The second-order valence-corrected chi connectivity index (χ2v) is 3.19. The second kappa shape index (κ2) is 2.40. The molecule has 0 aromatic rings. The zero-order chi connectivity index (χ0) is 6.08. The predicted molar refractivity (Wildman–Crippen MR) is 32.0 cm³/mol. The highest BCUT2D eigenvalue weighted by Crippen LogP contribution is 2.22. The molecule has 1 nitrogen and oxygen atoms in total. The molecule has 0 spiro atoms. The van der Waals surface area contributed by atoms with Crippen LogP contribution in [0.2, 0.25) is 0 Å². The van der Waals surface area contributed by atoms with Gasteiger partial charge in [0.25, 0.3) is 0 Å². The molecule has 4 heteroatoms. The van der Waals surface area contributed by atoms with Crippen LogP contribution < -0.4 is 0 Å². The molecule has 0 aromatic heterocycles. The first kappa shape index (κ1) is 7.83. The van der Waals surface area contributed by atoms with E-state index in [2.05, 4.69) is 0 Å². The Labute approximate surface area is 57.2 Å². The van der Waals surface area contributed by atoms with Crippen molar-refractivity contribution in [3.05, 3.63) is 0 Å². The van der Waals surface area contributed by atoms with E-state index >= 15 is 0 Å². The zero-order valence-corrected chi connectivity index (χ0v) is 5.93. The van der Waals surface area contributed by atoms with Gasteiger partial charge in [-0.15, -0.1) is 23.2 Å². The summed E-state index contributed by atoms with van der Waals surface area (Å²) in [6.45, 7) is 1.32. The summed E-state index contributed by atoms with van der Waals surface area (Å²) >= 11 is 15.4. The summed E-state index contributed by atoms with van der Waals surface area (Å²) in [6.07, 6.45) is 0. The molecule has 0 aliphatic heterocycles. The number of halogens is 3. The van der Waals surface area contributed by atoms with Gasteiger partial charge < -0.3 is 5.11 Å². The first-order chi connectivity index (χ1) is 2.94. The first-order valence-electron chi connectivity index (χ1n) is 1.64. The van der Waals surface area contributed by atoms with Crippen LogP contribution in [0.25, 0.3) is 0 Å². The monoisotopic (exact) mass is 162 g/mol. The maximum atomic E-state index is 8.60. The molecule has 0 aromatic carbocycles. The van der Waals surface area contributed by atoms with Crippen molar-refractivity contribution in [2.24, 2.45) is 0 Å². The van der Waals surface area contributed by atoms with E-state index in [1.54, 1.807) is 0 Å². The van der Waals surface area contributed by atoms with E-state index in [1.807, 2.05) is 0 Å². The van der Waals surface area contributed by atoms with E-state index in [-0.39, 0.29) is 0 Å². The Morgan fingerprint density at radius 2 is 1.71 bits per heavy atom. The van der Waals surface area contributed by atoms with Crippen molar-refractivity contribution in [3.8, 4) is 0 Å². The Morgan fingerprint density at radius 1 is 1.57 bits per heavy atom. The van der Waals surface area contributed by atoms with Crippen molar-refractivity contribution in [1.82, 2.24) is 0 Å². The molecule has 0 amide bonds. The molecule has 0 fully saturated rings. The molecule has 0 saturated heterocycles. The lowest BCUT2D eigenvalue weighted by Gasteiger charge is -2.13. The maximum absolute atomic E-state index is 8.60. The van der Waals surface area contributed by atoms with Crippen LogP contribution in [0, 0.1) is 0 Å². The molecule has 0 radical (unpaired) electrons. The fourth-order valence-electron chi connectivity index (χ4n) is 0. The lowest BCUT2D eigenvalue weighted by Crippen LogP contribution is -2.23. The average Bonchev–Trinajstić information content (AvgIpc) is 1.31. The van der Waals surface area contributed by atoms with E-state index in [0.717, 1.165) is 0 Å². The van der Waals surface area contributed by atoms with E-state index in [9.17, 15) is 0 Å². The molecule has 1 atom stereocenters. The number of aliphatic hydroxyl groups is 1. The van der Waals surface area contributed by atoms with E-state index in [0.29, 0.717) is 0 Å². The summed E-state index contributed by atoms with van der Waals surface area (Å²) in [6, 6.07) is 0. The highest BCUT2D eigenvalue weighted by atomic mass is 35.5. The largest absolute Gasteiger partial charge is 0.372 e. The smallest absolute Gasteiger partial charge is 0.165 e. The average molecular weight is 163 g/mol. The topological polar surface area (TPSA) is 20.2 Å². The lowest BCUT2D eigenvalue weighted by atomic mass is 10.5. The van der Waals surface area contributed by atoms with Crippen molar-refractivity contribution in [2.75, 3.05) is 0 Å². The summed E-state index contributed by atoms with van der Waals surface area (Å²) in [5, 5.41) is 7.10. The maximum Gasteiger partial charge on any atom is 0.165 e. The molecule has 0 saturated carbocycles. The van der Waals surface area contributed by atoms with Crippen LogP contribution >= 0.6 is 34.8 Å². The highest BCUT2D eigenvalue weighted by molar-refractivity contribution is 6.49. The Bertz CT molecular complexity index is 55.7. The minimum absolute atomic E-state index is 0.936. The molecular weight excluding hydrogens is 158 g/mol. The number of hydrogen-bond donors (Lipinski definition) is 1. The minimum Gasteiger partial charge on any atom is -0.372 e. The summed E-state index contributed by atoms with van der Waals surface area (Å²) < 4.78 is 0. The van der Waals surface area contributed by atoms with Gasteiger partial charge in [-0.2, -0.15) is 0 Å². The third-order valence-electron chi connectivity index (χ3n) is 0.398. The number of alkyl halides is 3. The van der Waals surface area contributed by atoms with Crippen LogP contribution in [-0.2, 0) is 0 Å². The SMILES string of the molecule is CC(O)(Cl)C(Cl)Cl. The third-order valence-corrected chi connectivity index (χ3v) is 1.69. The molecule has 1 N–H and O–H groups in total. The minimum atomic E-state index is -1.50. The molecule has 1 unspecified atom stereocenters. The molecule has 0 aliphatic rings. The molecule has 44 valence electrons. The van der Waals surface area contributed by atoms with Gasteiger partial charge in [-0.25, -0.2) is 0 Å². The fourth-order valence-corrected chi connectivity index (χ4v) is 0. The summed E-state index contributed by atoms with van der Waals surface area (Å²) in [5.41, 5.74) is 0. The van der Waals surface area contributed by atoms with Crippen LogP contribution in [0.15, 0.2) is 0 Å². The van der Waals surface area contributed by atoms with E-state index in [1.165, 1.54) is 6.92 Å². The third kappa shape index (κ3) is 3.42. The van der Waals surface area contributed by atoms with Crippen molar-refractivity contribution >= 4 is 34.8 Å². The molecule has 0 aliphatic carbocycles. The van der Waals surface area contributed by atoms with Crippen molar-refractivity contribution in [3.63, 3.8) is 0 Å². The summed E-state index contributed by atoms with van der Waals surface area (Å²) in [4.78, 5) is -0.936. The lowest BCUT2D eigenvalue weighted by molar-refractivity contribution is 0.164. The summed E-state index contributed by atoms with van der Waals surface area (Å²) in [5.74, 6) is 0. The first-order valence-corrected chi connectivity index (χ1v) is 2.89. The van der Waals surface area contributed by atoms with Crippen molar-refractivity contribution in [1.29, 1.82) is 0 Å². The second-order valence-electron chi connectivity index (χ2n) is 1.32. The molecule has 0 bridgehead atoms. The van der Waals surface area contributed by atoms with Gasteiger partial charge in [0.1, 0.15) is 4.84 Å². The zero-order valence-electron chi connectivity index (χ0n) is 3.66. The molecule has 7 heavy (non-hydrogen) atoms. The van der Waals surface area contributed by atoms with Gasteiger partial charge in [0.2, 0.25) is 0 Å². The van der Waals surface area contributed by atoms with Crippen LogP contribution in [0.3, 0.4) is 0 Å². The Kier molecular flexibility index (Phi) is 2.69. The number of rotatable bonds is 1. The van der Waals surface area contributed by atoms with Gasteiger partial charge >= 0.3 is 0 Å². The Balaban J connectivity index is 3.54. The highest BCUT2D eigenvalue weighted by Gasteiger charge is 2.24. The van der Waals surface area contributed by atoms with E-state index in [4.69, 9.17) is 39.9 Å². The van der Waals surface area contributed by atoms with Gasteiger partial charge in [0.15, 0.2) is 5.06 Å². The van der Waals surface area contributed by atoms with E-state index < -0.39 is 9.90 Å². The van der Waals surface area contributed by atoms with Gasteiger partial charge in [0, 0.05) is 0 Å².